The van der Waals surface area contributed by atoms with E-state index >= 15 is 0 Å². The minimum atomic E-state index is -0.617. The molecule has 0 radical (unpaired) electrons. The van der Waals surface area contributed by atoms with Gasteiger partial charge in [0.25, 0.3) is 0 Å². The minimum Gasteiger partial charge on any atom is -0.456 e. The van der Waals surface area contributed by atoms with Gasteiger partial charge in [-0.05, 0) is 30.3 Å². The second kappa shape index (κ2) is 4.72. The first kappa shape index (κ1) is 11.9. The van der Waals surface area contributed by atoms with Gasteiger partial charge in [-0.15, -0.1) is 0 Å². The fourth-order valence-electron chi connectivity index (χ4n) is 1.38. The second-order valence-electron chi connectivity index (χ2n) is 3.54. The van der Waals surface area contributed by atoms with Crippen LogP contribution in [0.25, 0.3) is 0 Å². The second-order valence-corrected chi connectivity index (χ2v) is 3.54. The van der Waals surface area contributed by atoms with E-state index in [4.69, 9.17) is 15.7 Å². The van der Waals surface area contributed by atoms with Gasteiger partial charge >= 0.3 is 0 Å². The van der Waals surface area contributed by atoms with Crippen LogP contribution in [0.2, 0.25) is 0 Å². The molecule has 0 aliphatic rings. The van der Waals surface area contributed by atoms with Crippen molar-refractivity contribution < 1.29 is 13.5 Å². The molecule has 0 aliphatic heterocycles. The molecule has 90 valence electrons. The summed E-state index contributed by atoms with van der Waals surface area (Å²) >= 11 is 0. The maximum absolute atomic E-state index is 13.2. The standard InChI is InChI=1S/C13H8F2N2O/c14-9-1-4-13(8(5-9)7-16)18-10-2-3-12(17)11(15)6-10/h1-6H,17H2. The van der Waals surface area contributed by atoms with Gasteiger partial charge in [0.05, 0.1) is 11.3 Å². The fourth-order valence-corrected chi connectivity index (χ4v) is 1.38. The lowest BCUT2D eigenvalue weighted by atomic mass is 10.2. The Morgan fingerprint density at radius 1 is 1.11 bits per heavy atom. The highest BCUT2D eigenvalue weighted by atomic mass is 19.1. The summed E-state index contributed by atoms with van der Waals surface area (Å²) in [7, 11) is 0. The first-order valence-corrected chi connectivity index (χ1v) is 5.02. The van der Waals surface area contributed by atoms with Gasteiger partial charge < -0.3 is 10.5 Å². The van der Waals surface area contributed by atoms with Crippen LogP contribution in [0.1, 0.15) is 5.56 Å². The molecule has 5 heteroatoms. The maximum Gasteiger partial charge on any atom is 0.149 e. The normalized spacial score (nSPS) is 9.83. The van der Waals surface area contributed by atoms with Crippen molar-refractivity contribution in [1.82, 2.24) is 0 Å². The average molecular weight is 246 g/mol. The number of benzene rings is 2. The Labute approximate surface area is 102 Å². The monoisotopic (exact) mass is 246 g/mol. The van der Waals surface area contributed by atoms with E-state index in [0.717, 1.165) is 18.2 Å². The highest BCUT2D eigenvalue weighted by Crippen LogP contribution is 2.27. The molecule has 0 fully saturated rings. The van der Waals surface area contributed by atoms with Crippen molar-refractivity contribution in [2.24, 2.45) is 0 Å². The zero-order valence-corrected chi connectivity index (χ0v) is 9.15. The number of anilines is 1. The van der Waals surface area contributed by atoms with E-state index in [1.165, 1.54) is 18.2 Å². The quantitative estimate of drug-likeness (QED) is 0.827. The first-order valence-electron chi connectivity index (χ1n) is 5.02. The fraction of sp³-hybridized carbons (Fsp3) is 0. The van der Waals surface area contributed by atoms with E-state index in [0.29, 0.717) is 0 Å². The Kier molecular flexibility index (Phi) is 3.11. The van der Waals surface area contributed by atoms with Gasteiger partial charge in [-0.25, -0.2) is 8.78 Å². The van der Waals surface area contributed by atoms with Gasteiger partial charge in [0, 0.05) is 6.07 Å². The molecular formula is C13H8F2N2O. The summed E-state index contributed by atoms with van der Waals surface area (Å²) in [6.07, 6.45) is 0. The third kappa shape index (κ3) is 2.38. The Hall–Kier alpha value is -2.61. The Morgan fingerprint density at radius 2 is 1.89 bits per heavy atom. The third-order valence-electron chi connectivity index (χ3n) is 2.26. The van der Waals surface area contributed by atoms with Crippen LogP contribution in [0, 0.1) is 23.0 Å². The van der Waals surface area contributed by atoms with Crippen molar-refractivity contribution in [3.05, 3.63) is 53.6 Å². The van der Waals surface area contributed by atoms with E-state index in [-0.39, 0.29) is 22.7 Å². The molecule has 0 atom stereocenters. The average Bonchev–Trinajstić information content (AvgIpc) is 2.36. The predicted molar refractivity (Wildman–Crippen MR) is 62.0 cm³/mol. The summed E-state index contributed by atoms with van der Waals surface area (Å²) in [5.74, 6) is -0.816. The molecule has 18 heavy (non-hydrogen) atoms. The van der Waals surface area contributed by atoms with Crippen molar-refractivity contribution in [2.45, 2.75) is 0 Å². The molecular weight excluding hydrogens is 238 g/mol. The summed E-state index contributed by atoms with van der Waals surface area (Å²) in [5.41, 5.74) is 5.36. The van der Waals surface area contributed by atoms with E-state index < -0.39 is 11.6 Å². The van der Waals surface area contributed by atoms with Crippen molar-refractivity contribution in [3.8, 4) is 17.6 Å². The van der Waals surface area contributed by atoms with E-state index in [2.05, 4.69) is 0 Å². The molecule has 0 spiro atoms. The summed E-state index contributed by atoms with van der Waals surface area (Å²) in [4.78, 5) is 0. The van der Waals surface area contributed by atoms with Crippen LogP contribution in [0.3, 0.4) is 0 Å². The lowest BCUT2D eigenvalue weighted by molar-refractivity contribution is 0.473. The van der Waals surface area contributed by atoms with E-state index in [9.17, 15) is 8.78 Å². The van der Waals surface area contributed by atoms with Crippen LogP contribution in [0.4, 0.5) is 14.5 Å². The van der Waals surface area contributed by atoms with Crippen molar-refractivity contribution in [1.29, 1.82) is 5.26 Å². The number of hydrogen-bond donors (Lipinski definition) is 1. The summed E-state index contributed by atoms with van der Waals surface area (Å²) in [6, 6.07) is 9.21. The highest BCUT2D eigenvalue weighted by Gasteiger charge is 2.07. The highest BCUT2D eigenvalue weighted by molar-refractivity contribution is 5.48. The molecule has 2 rings (SSSR count). The van der Waals surface area contributed by atoms with Gasteiger partial charge in [-0.1, -0.05) is 0 Å². The molecule has 2 aromatic carbocycles. The number of nitrogens with zero attached hydrogens (tertiary/aromatic N) is 1. The van der Waals surface area contributed by atoms with Gasteiger partial charge in [0.1, 0.15) is 29.2 Å². The number of ether oxygens (including phenoxy) is 1. The Balaban J connectivity index is 2.34. The molecule has 3 nitrogen and oxygen atoms in total. The first-order chi connectivity index (χ1) is 8.60. The number of nitrogen functional groups attached to an aromatic ring is 1. The third-order valence-corrected chi connectivity index (χ3v) is 2.26. The maximum atomic E-state index is 13.2. The van der Waals surface area contributed by atoms with E-state index in [1.54, 1.807) is 6.07 Å². The zero-order valence-electron chi connectivity index (χ0n) is 9.15. The molecule has 2 aromatic rings. The van der Waals surface area contributed by atoms with Crippen LogP contribution in [-0.4, -0.2) is 0 Å². The zero-order chi connectivity index (χ0) is 13.1. The van der Waals surface area contributed by atoms with Crippen LogP contribution >= 0.6 is 0 Å². The molecule has 0 heterocycles. The van der Waals surface area contributed by atoms with E-state index in [1.807, 2.05) is 0 Å². The molecule has 0 aromatic heterocycles. The van der Waals surface area contributed by atoms with Crippen molar-refractivity contribution >= 4 is 5.69 Å². The predicted octanol–water partition coefficient (Wildman–Crippen LogP) is 3.21. The summed E-state index contributed by atoms with van der Waals surface area (Å²) < 4.78 is 31.4. The summed E-state index contributed by atoms with van der Waals surface area (Å²) in [5, 5.41) is 8.83. The van der Waals surface area contributed by atoms with Gasteiger partial charge in [0.15, 0.2) is 0 Å². The number of hydrogen-bond acceptors (Lipinski definition) is 3. The SMILES string of the molecule is N#Cc1cc(F)ccc1Oc1ccc(N)c(F)c1. The number of nitrogens with two attached hydrogens (primary N) is 1. The molecule has 0 saturated heterocycles. The topological polar surface area (TPSA) is 59.0 Å². The molecule has 0 amide bonds. The Bertz CT molecular complexity index is 635. The van der Waals surface area contributed by atoms with Crippen molar-refractivity contribution in [2.75, 3.05) is 5.73 Å². The van der Waals surface area contributed by atoms with Crippen molar-refractivity contribution in [3.63, 3.8) is 0 Å². The summed E-state index contributed by atoms with van der Waals surface area (Å²) in [6.45, 7) is 0. The van der Waals surface area contributed by atoms with Gasteiger partial charge in [-0.3, -0.25) is 0 Å². The molecule has 0 saturated carbocycles. The number of nitriles is 1. The minimum absolute atomic E-state index is 0.00182. The Morgan fingerprint density at radius 3 is 2.56 bits per heavy atom. The molecule has 0 bridgehead atoms. The number of halogens is 2. The molecule has 0 unspecified atom stereocenters. The smallest absolute Gasteiger partial charge is 0.149 e. The lowest BCUT2D eigenvalue weighted by Crippen LogP contribution is -1.93. The van der Waals surface area contributed by atoms with Crippen LogP contribution < -0.4 is 10.5 Å². The number of rotatable bonds is 2. The van der Waals surface area contributed by atoms with Gasteiger partial charge in [0.2, 0.25) is 0 Å². The van der Waals surface area contributed by atoms with Crippen LogP contribution in [0.5, 0.6) is 11.5 Å². The van der Waals surface area contributed by atoms with Gasteiger partial charge in [-0.2, -0.15) is 5.26 Å². The largest absolute Gasteiger partial charge is 0.456 e. The van der Waals surface area contributed by atoms with Crippen LogP contribution in [0.15, 0.2) is 36.4 Å². The molecule has 0 aliphatic carbocycles. The van der Waals surface area contributed by atoms with Crippen LogP contribution in [-0.2, 0) is 0 Å². The molecule has 2 N–H and O–H groups in total. The lowest BCUT2D eigenvalue weighted by Gasteiger charge is -2.08.